The Labute approximate surface area is 162 Å². The van der Waals surface area contributed by atoms with E-state index in [1.165, 1.54) is 24.1 Å². The zero-order valence-electron chi connectivity index (χ0n) is 15.4. The maximum atomic E-state index is 12.9. The number of rotatable bonds is 6. The Morgan fingerprint density at radius 1 is 1.29 bits per heavy atom. The Morgan fingerprint density at radius 2 is 2.00 bits per heavy atom. The number of amides is 1. The van der Waals surface area contributed by atoms with Crippen molar-refractivity contribution in [2.45, 2.75) is 6.42 Å². The lowest BCUT2D eigenvalue weighted by Crippen LogP contribution is -2.42. The highest BCUT2D eigenvalue weighted by Crippen LogP contribution is 2.34. The number of fused-ring (bicyclic) bond motifs is 1. The third kappa shape index (κ3) is 3.77. The molecule has 28 heavy (non-hydrogen) atoms. The van der Waals surface area contributed by atoms with Gasteiger partial charge in [-0.2, -0.15) is 0 Å². The Kier molecular flexibility index (Phi) is 5.23. The third-order valence-electron chi connectivity index (χ3n) is 4.51. The van der Waals surface area contributed by atoms with E-state index in [1.54, 1.807) is 6.07 Å². The van der Waals surface area contributed by atoms with Crippen LogP contribution < -0.4 is 13.9 Å². The average Bonchev–Trinajstić information content (AvgIpc) is 3.08. The molecule has 0 saturated heterocycles. The smallest absolute Gasteiger partial charge is 0.271 e. The van der Waals surface area contributed by atoms with Crippen molar-refractivity contribution < 1.29 is 22.9 Å². The highest BCUT2D eigenvalue weighted by atomic mass is 32.2. The maximum Gasteiger partial charge on any atom is 0.271 e. The van der Waals surface area contributed by atoms with Gasteiger partial charge in [0.2, 0.25) is 15.9 Å². The van der Waals surface area contributed by atoms with Crippen molar-refractivity contribution in [2.24, 2.45) is 0 Å². The second kappa shape index (κ2) is 7.47. The molecule has 148 valence electrons. The number of carbonyl (C=O) groups is 1. The van der Waals surface area contributed by atoms with Gasteiger partial charge in [0, 0.05) is 24.4 Å². The SMILES string of the molecule is COc1ccc([N+](=O)[O-])cc1N(CC(=O)N1CCc2ccccc21)S(C)(=O)=O. The minimum atomic E-state index is -3.91. The number of carbonyl (C=O) groups excluding carboxylic acids is 1. The van der Waals surface area contributed by atoms with E-state index in [1.807, 2.05) is 18.2 Å². The molecule has 1 aliphatic rings. The predicted octanol–water partition coefficient (Wildman–Crippen LogP) is 1.96. The van der Waals surface area contributed by atoms with Crippen molar-refractivity contribution in [1.82, 2.24) is 0 Å². The number of benzene rings is 2. The van der Waals surface area contributed by atoms with Crippen molar-refractivity contribution in [2.75, 3.05) is 35.7 Å². The minimum Gasteiger partial charge on any atom is -0.495 e. The molecule has 0 aliphatic carbocycles. The zero-order chi connectivity index (χ0) is 20.5. The zero-order valence-corrected chi connectivity index (χ0v) is 16.2. The lowest BCUT2D eigenvalue weighted by molar-refractivity contribution is -0.384. The second-order valence-corrected chi connectivity index (χ2v) is 8.21. The molecule has 10 heteroatoms. The number of nitrogens with zero attached hydrogens (tertiary/aromatic N) is 3. The summed E-state index contributed by atoms with van der Waals surface area (Å²) in [5.41, 5.74) is 1.39. The van der Waals surface area contributed by atoms with Crippen molar-refractivity contribution in [3.05, 3.63) is 58.1 Å². The molecule has 0 radical (unpaired) electrons. The van der Waals surface area contributed by atoms with Crippen LogP contribution in [0.25, 0.3) is 0 Å². The molecule has 0 aromatic heterocycles. The quantitative estimate of drug-likeness (QED) is 0.537. The first-order chi connectivity index (χ1) is 13.2. The molecule has 0 saturated carbocycles. The fourth-order valence-electron chi connectivity index (χ4n) is 3.17. The van der Waals surface area contributed by atoms with Crippen LogP contribution >= 0.6 is 0 Å². The Balaban J connectivity index is 1.98. The highest BCUT2D eigenvalue weighted by molar-refractivity contribution is 7.92. The van der Waals surface area contributed by atoms with E-state index in [0.717, 1.165) is 27.9 Å². The molecule has 0 unspecified atom stereocenters. The molecule has 1 aliphatic heterocycles. The molecule has 3 rings (SSSR count). The molecule has 0 atom stereocenters. The number of nitro groups is 1. The van der Waals surface area contributed by atoms with Gasteiger partial charge in [-0.15, -0.1) is 0 Å². The van der Waals surface area contributed by atoms with E-state index in [2.05, 4.69) is 0 Å². The van der Waals surface area contributed by atoms with Gasteiger partial charge >= 0.3 is 0 Å². The van der Waals surface area contributed by atoms with Crippen LogP contribution in [-0.2, 0) is 21.2 Å². The van der Waals surface area contributed by atoms with Crippen LogP contribution in [-0.4, -0.2) is 45.7 Å². The normalized spacial score (nSPS) is 13.1. The van der Waals surface area contributed by atoms with E-state index in [4.69, 9.17) is 4.74 Å². The standard InChI is InChI=1S/C18H19N3O6S/c1-27-17-8-7-14(21(23)24)11-16(17)20(28(2,25)26)12-18(22)19-10-9-13-5-3-4-6-15(13)19/h3-8,11H,9-10,12H2,1-2H3. The first kappa shape index (κ1) is 19.6. The summed E-state index contributed by atoms with van der Waals surface area (Å²) in [4.78, 5) is 24.9. The summed E-state index contributed by atoms with van der Waals surface area (Å²) < 4.78 is 30.8. The van der Waals surface area contributed by atoms with Crippen LogP contribution in [0.15, 0.2) is 42.5 Å². The molecule has 0 fully saturated rings. The number of hydrogen-bond acceptors (Lipinski definition) is 6. The number of para-hydroxylation sites is 1. The van der Waals surface area contributed by atoms with Crippen LogP contribution in [0.3, 0.4) is 0 Å². The number of ether oxygens (including phenoxy) is 1. The first-order valence-corrected chi connectivity index (χ1v) is 10.3. The summed E-state index contributed by atoms with van der Waals surface area (Å²) in [6, 6.07) is 11.0. The van der Waals surface area contributed by atoms with Crippen LogP contribution in [0.5, 0.6) is 5.75 Å². The van der Waals surface area contributed by atoms with Crippen molar-refractivity contribution >= 4 is 33.0 Å². The van der Waals surface area contributed by atoms with E-state index in [0.29, 0.717) is 13.0 Å². The van der Waals surface area contributed by atoms with Crippen molar-refractivity contribution in [1.29, 1.82) is 0 Å². The number of hydrogen-bond donors (Lipinski definition) is 0. The van der Waals surface area contributed by atoms with Crippen molar-refractivity contribution in [3.63, 3.8) is 0 Å². The lowest BCUT2D eigenvalue weighted by atomic mass is 10.2. The van der Waals surface area contributed by atoms with Crippen molar-refractivity contribution in [3.8, 4) is 5.75 Å². The molecule has 0 N–H and O–H groups in total. The molecular weight excluding hydrogens is 386 g/mol. The van der Waals surface area contributed by atoms with Gasteiger partial charge in [0.1, 0.15) is 18.0 Å². The Bertz CT molecular complexity index is 1040. The lowest BCUT2D eigenvalue weighted by Gasteiger charge is -2.26. The van der Waals surface area contributed by atoms with E-state index >= 15 is 0 Å². The summed E-state index contributed by atoms with van der Waals surface area (Å²) in [7, 11) is -2.59. The van der Waals surface area contributed by atoms with Gasteiger partial charge in [-0.3, -0.25) is 19.2 Å². The topological polar surface area (TPSA) is 110 Å². The maximum absolute atomic E-state index is 12.9. The van der Waals surface area contributed by atoms with E-state index < -0.39 is 27.4 Å². The van der Waals surface area contributed by atoms with Crippen LogP contribution in [0, 0.1) is 10.1 Å². The highest BCUT2D eigenvalue weighted by Gasteiger charge is 2.30. The van der Waals surface area contributed by atoms with Crippen LogP contribution in [0.2, 0.25) is 0 Å². The third-order valence-corrected chi connectivity index (χ3v) is 5.64. The molecule has 0 bridgehead atoms. The van der Waals surface area contributed by atoms with E-state index in [9.17, 15) is 23.3 Å². The van der Waals surface area contributed by atoms with Gasteiger partial charge < -0.3 is 9.64 Å². The molecular formula is C18H19N3O6S. The summed E-state index contributed by atoms with van der Waals surface area (Å²) in [5, 5.41) is 11.1. The average molecular weight is 405 g/mol. The van der Waals surface area contributed by atoms with Gasteiger partial charge in [-0.1, -0.05) is 18.2 Å². The molecule has 9 nitrogen and oxygen atoms in total. The Hall–Kier alpha value is -3.14. The first-order valence-electron chi connectivity index (χ1n) is 8.41. The molecule has 2 aromatic rings. The van der Waals surface area contributed by atoms with Gasteiger partial charge in [-0.05, 0) is 24.1 Å². The molecule has 2 aromatic carbocycles. The van der Waals surface area contributed by atoms with Crippen LogP contribution in [0.1, 0.15) is 5.56 Å². The van der Waals surface area contributed by atoms with Gasteiger partial charge in [-0.25, -0.2) is 8.42 Å². The summed E-state index contributed by atoms with van der Waals surface area (Å²) in [6.45, 7) is -0.0491. The van der Waals surface area contributed by atoms with Gasteiger partial charge in [0.05, 0.1) is 18.3 Å². The largest absolute Gasteiger partial charge is 0.495 e. The second-order valence-electron chi connectivity index (χ2n) is 6.31. The van der Waals surface area contributed by atoms with E-state index in [-0.39, 0.29) is 17.1 Å². The summed E-state index contributed by atoms with van der Waals surface area (Å²) in [5.74, 6) is -0.311. The molecule has 1 amide bonds. The number of non-ortho nitro benzene ring substituents is 1. The summed E-state index contributed by atoms with van der Waals surface area (Å²) >= 11 is 0. The number of nitro benzene ring substituents is 1. The minimum absolute atomic E-state index is 0.0555. The van der Waals surface area contributed by atoms with Gasteiger partial charge in [0.25, 0.3) is 5.69 Å². The fourth-order valence-corrected chi connectivity index (χ4v) is 4.02. The number of sulfonamides is 1. The molecule has 1 heterocycles. The Morgan fingerprint density at radius 3 is 2.64 bits per heavy atom. The molecule has 0 spiro atoms. The van der Waals surface area contributed by atoms with Gasteiger partial charge in [0.15, 0.2) is 0 Å². The number of anilines is 2. The predicted molar refractivity (Wildman–Crippen MR) is 104 cm³/mol. The number of methoxy groups -OCH3 is 1. The fraction of sp³-hybridized carbons (Fsp3) is 0.278. The monoisotopic (exact) mass is 405 g/mol. The van der Waals surface area contributed by atoms with Crippen LogP contribution in [0.4, 0.5) is 17.1 Å². The summed E-state index contributed by atoms with van der Waals surface area (Å²) in [6.07, 6.45) is 1.62.